The second-order valence-corrected chi connectivity index (χ2v) is 14.2. The first-order chi connectivity index (χ1) is 19.2. The molecule has 3 aliphatic carbocycles. The molecule has 5 aliphatic rings. The number of allylic oxidation sites excluding steroid dienone is 1. The van der Waals surface area contributed by atoms with Crippen molar-refractivity contribution in [2.75, 3.05) is 6.61 Å². The average molecular weight is 583 g/mol. The molecule has 5 rings (SSSR count). The minimum atomic E-state index is -1.38. The summed E-state index contributed by atoms with van der Waals surface area (Å²) in [5.41, 5.74) is 0.545. The highest BCUT2D eigenvalue weighted by Crippen LogP contribution is 2.64. The maximum atomic E-state index is 10.7. The molecule has 4 fully saturated rings. The maximum absolute atomic E-state index is 10.7. The van der Waals surface area contributed by atoms with Crippen LogP contribution in [-0.2, 0) is 18.9 Å². The fraction of sp³-hybridized carbons (Fsp3) is 0.871. The first-order valence-electron chi connectivity index (χ1n) is 15.2. The summed E-state index contributed by atoms with van der Waals surface area (Å²) >= 11 is 0. The van der Waals surface area contributed by atoms with Gasteiger partial charge in [0.2, 0.25) is 0 Å². The lowest BCUT2D eigenvalue weighted by Crippen LogP contribution is -2.60. The molecule has 10 nitrogen and oxygen atoms in total. The third kappa shape index (κ3) is 5.16. The van der Waals surface area contributed by atoms with E-state index in [2.05, 4.69) is 40.3 Å². The van der Waals surface area contributed by atoms with Gasteiger partial charge in [-0.25, -0.2) is 0 Å². The topological polar surface area (TPSA) is 158 Å². The highest BCUT2D eigenvalue weighted by molar-refractivity contribution is 5.29. The van der Waals surface area contributed by atoms with Gasteiger partial charge in [-0.05, 0) is 61.7 Å². The highest BCUT2D eigenvalue weighted by Gasteiger charge is 2.60. The summed E-state index contributed by atoms with van der Waals surface area (Å²) in [6.45, 7) is 14.2. The Bertz CT molecular complexity index is 1000. The van der Waals surface area contributed by atoms with Crippen LogP contribution in [0.3, 0.4) is 0 Å². The van der Waals surface area contributed by atoms with E-state index < -0.39 is 67.3 Å². The number of aliphatic hydroxyl groups is 6. The van der Waals surface area contributed by atoms with Crippen molar-refractivity contribution >= 4 is 0 Å². The molecule has 15 atom stereocenters. The fourth-order valence-electron chi connectivity index (χ4n) is 8.71. The van der Waals surface area contributed by atoms with Gasteiger partial charge in [-0.2, -0.15) is 0 Å². The van der Waals surface area contributed by atoms with E-state index in [9.17, 15) is 30.6 Å². The van der Waals surface area contributed by atoms with Gasteiger partial charge < -0.3 is 49.6 Å². The minimum absolute atomic E-state index is 0.0745. The summed E-state index contributed by atoms with van der Waals surface area (Å²) < 4.78 is 24.3. The molecule has 41 heavy (non-hydrogen) atoms. The second kappa shape index (κ2) is 11.2. The molecule has 0 amide bonds. The smallest absolute Gasteiger partial charge is 0.186 e. The van der Waals surface area contributed by atoms with Gasteiger partial charge >= 0.3 is 0 Å². The SMILES string of the molecule is C=C[C@]1(C)C=C2CC[C@H]3C(C)(C)[C@@H](O[C@@H]4O[C@@H](CO)[C@H](O)[C@H]4O)CC[C@]3(C)[C@H]2C[C@H]1O[C@@H]1O[C@H](C)[C@H](O)[C@H](O)[C@H]1O. The van der Waals surface area contributed by atoms with E-state index in [4.69, 9.17) is 18.9 Å². The van der Waals surface area contributed by atoms with Gasteiger partial charge in [0.05, 0.1) is 24.9 Å². The first kappa shape index (κ1) is 31.5. The maximum Gasteiger partial charge on any atom is 0.186 e. The van der Waals surface area contributed by atoms with E-state index in [0.717, 1.165) is 25.7 Å². The Morgan fingerprint density at radius 2 is 1.54 bits per heavy atom. The Hall–Kier alpha value is -0.920. The molecule has 0 aromatic rings. The van der Waals surface area contributed by atoms with Crippen LogP contribution < -0.4 is 0 Å². The lowest BCUT2D eigenvalue weighted by molar-refractivity contribution is -0.312. The first-order valence-corrected chi connectivity index (χ1v) is 15.2. The van der Waals surface area contributed by atoms with Crippen molar-refractivity contribution in [3.8, 4) is 0 Å². The molecular weight excluding hydrogens is 532 g/mol. The molecule has 0 aromatic heterocycles. The average Bonchev–Trinajstić information content (AvgIpc) is 3.20. The van der Waals surface area contributed by atoms with Crippen LogP contribution in [-0.4, -0.2) is 105 Å². The standard InChI is InChI=1S/C31H50O10/c1-7-30(5)13-16-8-9-19-29(3,4)20(40-28-25(36)23(34)18(14-32)39-28)10-11-31(19,6)17(16)12-21(30)41-27-26(37)24(35)22(33)15(2)38-27/h7,13,15,17-28,32-37H,1,8-12,14H2,2-6H3/t15-,17+,18+,19+,20+,21-,22+,23+,24+,25-,26-,27+,28+,30-,31-/m1/s1. The van der Waals surface area contributed by atoms with Crippen molar-refractivity contribution < 1.29 is 49.6 Å². The van der Waals surface area contributed by atoms with E-state index >= 15 is 0 Å². The normalized spacial score (nSPS) is 53.2. The number of aliphatic hydroxyl groups excluding tert-OH is 6. The van der Waals surface area contributed by atoms with E-state index in [-0.39, 0.29) is 34.9 Å². The Labute approximate surface area is 242 Å². The summed E-state index contributed by atoms with van der Waals surface area (Å²) in [7, 11) is 0. The summed E-state index contributed by atoms with van der Waals surface area (Å²) in [5.74, 6) is 0.498. The third-order valence-corrected chi connectivity index (χ3v) is 11.4. The van der Waals surface area contributed by atoms with Crippen molar-refractivity contribution in [3.63, 3.8) is 0 Å². The number of hydrogen-bond acceptors (Lipinski definition) is 10. The summed E-state index contributed by atoms with van der Waals surface area (Å²) in [5, 5.41) is 61.4. The molecular formula is C31H50O10. The molecule has 234 valence electrons. The van der Waals surface area contributed by atoms with Crippen molar-refractivity contribution in [1.29, 1.82) is 0 Å². The Balaban J connectivity index is 1.36. The highest BCUT2D eigenvalue weighted by atomic mass is 16.7. The predicted molar refractivity (Wildman–Crippen MR) is 148 cm³/mol. The van der Waals surface area contributed by atoms with Gasteiger partial charge in [0.15, 0.2) is 12.6 Å². The zero-order chi connectivity index (χ0) is 30.1. The van der Waals surface area contributed by atoms with Gasteiger partial charge in [-0.1, -0.05) is 45.4 Å². The monoisotopic (exact) mass is 582 g/mol. The molecule has 2 saturated carbocycles. The van der Waals surface area contributed by atoms with Gasteiger partial charge in [0.1, 0.15) is 36.6 Å². The molecule has 2 saturated heterocycles. The van der Waals surface area contributed by atoms with E-state index in [1.165, 1.54) is 5.57 Å². The second-order valence-electron chi connectivity index (χ2n) is 14.2. The molecule has 0 spiro atoms. The largest absolute Gasteiger partial charge is 0.394 e. The zero-order valence-electron chi connectivity index (χ0n) is 24.9. The van der Waals surface area contributed by atoms with Crippen LogP contribution in [0, 0.1) is 28.1 Å². The number of ether oxygens (including phenoxy) is 4. The molecule has 6 N–H and O–H groups in total. The fourth-order valence-corrected chi connectivity index (χ4v) is 8.71. The molecule has 0 unspecified atom stereocenters. The molecule has 0 bridgehead atoms. The third-order valence-electron chi connectivity index (χ3n) is 11.4. The van der Waals surface area contributed by atoms with Gasteiger partial charge in [-0.15, -0.1) is 6.58 Å². The van der Waals surface area contributed by atoms with Crippen molar-refractivity contribution in [2.45, 2.75) is 134 Å². The van der Waals surface area contributed by atoms with Crippen LogP contribution in [0.4, 0.5) is 0 Å². The van der Waals surface area contributed by atoms with Crippen LogP contribution in [0.25, 0.3) is 0 Å². The Morgan fingerprint density at radius 3 is 2.17 bits per heavy atom. The summed E-state index contributed by atoms with van der Waals surface area (Å²) in [6.07, 6.45) is -2.16. The number of hydrogen-bond donors (Lipinski definition) is 6. The van der Waals surface area contributed by atoms with Crippen molar-refractivity contribution in [1.82, 2.24) is 0 Å². The zero-order valence-corrected chi connectivity index (χ0v) is 24.9. The van der Waals surface area contributed by atoms with Crippen LogP contribution in [0.2, 0.25) is 0 Å². The van der Waals surface area contributed by atoms with Gasteiger partial charge in [0.25, 0.3) is 0 Å². The predicted octanol–water partition coefficient (Wildman–Crippen LogP) is 1.40. The van der Waals surface area contributed by atoms with Crippen molar-refractivity contribution in [2.24, 2.45) is 28.1 Å². The Kier molecular flexibility index (Phi) is 8.62. The molecule has 2 aliphatic heterocycles. The number of rotatable bonds is 6. The minimum Gasteiger partial charge on any atom is -0.394 e. The lowest BCUT2D eigenvalue weighted by Gasteiger charge is -2.62. The molecule has 0 aromatic carbocycles. The Morgan fingerprint density at radius 1 is 0.902 bits per heavy atom. The van der Waals surface area contributed by atoms with Gasteiger partial charge in [0, 0.05) is 5.41 Å². The molecule has 0 radical (unpaired) electrons. The van der Waals surface area contributed by atoms with Crippen LogP contribution in [0.1, 0.15) is 66.7 Å². The van der Waals surface area contributed by atoms with Gasteiger partial charge in [-0.3, -0.25) is 0 Å². The van der Waals surface area contributed by atoms with Crippen LogP contribution in [0.5, 0.6) is 0 Å². The lowest BCUT2D eigenvalue weighted by atomic mass is 9.44. The summed E-state index contributed by atoms with van der Waals surface area (Å²) in [4.78, 5) is 0. The van der Waals surface area contributed by atoms with E-state index in [1.807, 2.05) is 6.08 Å². The van der Waals surface area contributed by atoms with E-state index in [1.54, 1.807) is 6.92 Å². The number of fused-ring (bicyclic) bond motifs is 3. The van der Waals surface area contributed by atoms with Crippen LogP contribution >= 0.6 is 0 Å². The summed E-state index contributed by atoms with van der Waals surface area (Å²) in [6, 6.07) is 0. The van der Waals surface area contributed by atoms with Crippen molar-refractivity contribution in [3.05, 3.63) is 24.3 Å². The molecule has 10 heteroatoms. The quantitative estimate of drug-likeness (QED) is 0.253. The molecule has 2 heterocycles. The van der Waals surface area contributed by atoms with Crippen LogP contribution in [0.15, 0.2) is 24.3 Å². The van der Waals surface area contributed by atoms with E-state index in [0.29, 0.717) is 6.42 Å².